The van der Waals surface area contributed by atoms with E-state index in [4.69, 9.17) is 11.6 Å². The number of nitrogens with one attached hydrogen (secondary N) is 2. The number of urea groups is 1. The molecule has 86 valence electrons. The summed E-state index contributed by atoms with van der Waals surface area (Å²) in [5.74, 6) is 0.428. The Morgan fingerprint density at radius 1 is 1.31 bits per heavy atom. The molecule has 0 spiro atoms. The van der Waals surface area contributed by atoms with Crippen LogP contribution in [0.15, 0.2) is 18.2 Å². The van der Waals surface area contributed by atoms with Crippen molar-refractivity contribution in [1.82, 2.24) is 5.32 Å². The number of benzene rings is 1. The summed E-state index contributed by atoms with van der Waals surface area (Å²) < 4.78 is 0. The number of anilines is 1. The standard InChI is InChI=1S/C12H15ClN2O/c13-6-7-14-12(16)15-11-5-4-9-2-1-3-10(9)8-11/h4-5,8H,1-3,6-7H2,(H2,14,15,16). The van der Waals surface area contributed by atoms with Gasteiger partial charge in [-0.1, -0.05) is 6.07 Å². The van der Waals surface area contributed by atoms with Crippen LogP contribution in [0.1, 0.15) is 17.5 Å². The molecule has 0 radical (unpaired) electrons. The lowest BCUT2D eigenvalue weighted by Crippen LogP contribution is -2.30. The number of carbonyl (C=O) groups is 1. The predicted molar refractivity (Wildman–Crippen MR) is 66.2 cm³/mol. The van der Waals surface area contributed by atoms with Gasteiger partial charge in [-0.15, -0.1) is 11.6 Å². The van der Waals surface area contributed by atoms with Gasteiger partial charge in [0.1, 0.15) is 0 Å². The number of carbonyl (C=O) groups excluding carboxylic acids is 1. The van der Waals surface area contributed by atoms with Crippen molar-refractivity contribution in [2.45, 2.75) is 19.3 Å². The van der Waals surface area contributed by atoms with Crippen LogP contribution in [-0.4, -0.2) is 18.5 Å². The quantitative estimate of drug-likeness (QED) is 0.781. The van der Waals surface area contributed by atoms with Gasteiger partial charge in [-0.25, -0.2) is 4.79 Å². The molecule has 1 aliphatic rings. The molecular weight excluding hydrogens is 224 g/mol. The molecule has 0 bridgehead atoms. The SMILES string of the molecule is O=C(NCCCl)Nc1ccc2c(c1)CCC2. The van der Waals surface area contributed by atoms with Crippen LogP contribution < -0.4 is 10.6 Å². The Morgan fingerprint density at radius 2 is 2.12 bits per heavy atom. The Bertz CT molecular complexity index is 393. The van der Waals surface area contributed by atoms with E-state index in [2.05, 4.69) is 22.8 Å². The first-order valence-electron chi connectivity index (χ1n) is 5.52. The average Bonchev–Trinajstić information content (AvgIpc) is 2.73. The van der Waals surface area contributed by atoms with Crippen LogP contribution >= 0.6 is 11.6 Å². The number of hydrogen-bond donors (Lipinski definition) is 2. The predicted octanol–water partition coefficient (Wildman–Crippen LogP) is 2.54. The minimum Gasteiger partial charge on any atom is -0.337 e. The lowest BCUT2D eigenvalue weighted by Gasteiger charge is -2.08. The summed E-state index contributed by atoms with van der Waals surface area (Å²) in [6, 6.07) is 5.91. The van der Waals surface area contributed by atoms with Gasteiger partial charge in [0.25, 0.3) is 0 Å². The highest BCUT2D eigenvalue weighted by Gasteiger charge is 2.11. The maximum absolute atomic E-state index is 11.4. The maximum atomic E-state index is 11.4. The van der Waals surface area contributed by atoms with Crippen molar-refractivity contribution < 1.29 is 4.79 Å². The van der Waals surface area contributed by atoms with E-state index in [1.165, 1.54) is 17.5 Å². The molecule has 0 saturated carbocycles. The van der Waals surface area contributed by atoms with E-state index in [-0.39, 0.29) is 6.03 Å². The number of halogens is 1. The molecule has 1 aliphatic carbocycles. The summed E-state index contributed by atoms with van der Waals surface area (Å²) in [6.07, 6.45) is 3.50. The molecule has 2 N–H and O–H groups in total. The van der Waals surface area contributed by atoms with E-state index in [0.717, 1.165) is 18.5 Å². The van der Waals surface area contributed by atoms with Crippen LogP contribution in [0.25, 0.3) is 0 Å². The number of fused-ring (bicyclic) bond motifs is 1. The summed E-state index contributed by atoms with van der Waals surface area (Å²) in [5, 5.41) is 5.46. The minimum absolute atomic E-state index is 0.196. The van der Waals surface area contributed by atoms with Crippen molar-refractivity contribution in [2.24, 2.45) is 0 Å². The first-order chi connectivity index (χ1) is 7.79. The van der Waals surface area contributed by atoms with E-state index in [1.54, 1.807) is 0 Å². The molecule has 0 aromatic heterocycles. The Balaban J connectivity index is 1.97. The first-order valence-corrected chi connectivity index (χ1v) is 6.05. The Hall–Kier alpha value is -1.22. The molecule has 16 heavy (non-hydrogen) atoms. The fourth-order valence-electron chi connectivity index (χ4n) is 1.99. The van der Waals surface area contributed by atoms with Crippen LogP contribution in [0.3, 0.4) is 0 Å². The van der Waals surface area contributed by atoms with Gasteiger partial charge < -0.3 is 10.6 Å². The van der Waals surface area contributed by atoms with Gasteiger partial charge in [0.2, 0.25) is 0 Å². The number of rotatable bonds is 3. The molecule has 0 fully saturated rings. The smallest absolute Gasteiger partial charge is 0.319 e. The zero-order chi connectivity index (χ0) is 11.4. The molecule has 1 aromatic carbocycles. The third kappa shape index (κ3) is 2.67. The number of alkyl halides is 1. The summed E-state index contributed by atoms with van der Waals surface area (Å²) in [6.45, 7) is 0.484. The van der Waals surface area contributed by atoms with Crippen LogP contribution in [0.4, 0.5) is 10.5 Å². The van der Waals surface area contributed by atoms with Crippen molar-refractivity contribution in [2.75, 3.05) is 17.7 Å². The number of aryl methyl sites for hydroxylation is 2. The van der Waals surface area contributed by atoms with Gasteiger partial charge >= 0.3 is 6.03 Å². The third-order valence-electron chi connectivity index (χ3n) is 2.74. The molecular formula is C12H15ClN2O. The normalized spacial score (nSPS) is 13.3. The Labute approximate surface area is 100 Å². The first kappa shape index (κ1) is 11.3. The highest BCUT2D eigenvalue weighted by Crippen LogP contribution is 2.24. The zero-order valence-corrected chi connectivity index (χ0v) is 9.81. The van der Waals surface area contributed by atoms with Crippen molar-refractivity contribution in [3.8, 4) is 0 Å². The fourth-order valence-corrected chi connectivity index (χ4v) is 2.08. The highest BCUT2D eigenvalue weighted by molar-refractivity contribution is 6.18. The van der Waals surface area contributed by atoms with Gasteiger partial charge in [-0.2, -0.15) is 0 Å². The lowest BCUT2D eigenvalue weighted by molar-refractivity contribution is 0.252. The van der Waals surface area contributed by atoms with Gasteiger partial charge in [-0.3, -0.25) is 0 Å². The number of amides is 2. The fraction of sp³-hybridized carbons (Fsp3) is 0.417. The molecule has 0 heterocycles. The largest absolute Gasteiger partial charge is 0.337 e. The van der Waals surface area contributed by atoms with Crippen molar-refractivity contribution in [3.63, 3.8) is 0 Å². The van der Waals surface area contributed by atoms with Crippen LogP contribution in [0, 0.1) is 0 Å². The second-order valence-electron chi connectivity index (χ2n) is 3.91. The molecule has 1 aromatic rings. The van der Waals surface area contributed by atoms with Crippen LogP contribution in [0.2, 0.25) is 0 Å². The van der Waals surface area contributed by atoms with Crippen molar-refractivity contribution in [3.05, 3.63) is 29.3 Å². The monoisotopic (exact) mass is 238 g/mol. The van der Waals surface area contributed by atoms with E-state index >= 15 is 0 Å². The summed E-state index contributed by atoms with van der Waals surface area (Å²) in [7, 11) is 0. The van der Waals surface area contributed by atoms with Crippen molar-refractivity contribution >= 4 is 23.3 Å². The van der Waals surface area contributed by atoms with E-state index in [0.29, 0.717) is 12.4 Å². The molecule has 0 atom stereocenters. The summed E-state index contributed by atoms with van der Waals surface area (Å²) in [5.41, 5.74) is 3.62. The van der Waals surface area contributed by atoms with Crippen LogP contribution in [-0.2, 0) is 12.8 Å². The topological polar surface area (TPSA) is 41.1 Å². The van der Waals surface area contributed by atoms with Gasteiger partial charge in [0.15, 0.2) is 0 Å². The molecule has 0 aliphatic heterocycles. The zero-order valence-electron chi connectivity index (χ0n) is 9.05. The van der Waals surface area contributed by atoms with Gasteiger partial charge in [0, 0.05) is 18.1 Å². The van der Waals surface area contributed by atoms with Crippen LogP contribution in [0.5, 0.6) is 0 Å². The van der Waals surface area contributed by atoms with E-state index in [1.807, 2.05) is 6.07 Å². The summed E-state index contributed by atoms with van der Waals surface area (Å²) in [4.78, 5) is 11.4. The molecule has 4 heteroatoms. The average molecular weight is 239 g/mol. The van der Waals surface area contributed by atoms with Crippen molar-refractivity contribution in [1.29, 1.82) is 0 Å². The molecule has 0 saturated heterocycles. The minimum atomic E-state index is -0.196. The van der Waals surface area contributed by atoms with E-state index in [9.17, 15) is 4.79 Å². The third-order valence-corrected chi connectivity index (χ3v) is 2.93. The highest BCUT2D eigenvalue weighted by atomic mass is 35.5. The van der Waals surface area contributed by atoms with E-state index < -0.39 is 0 Å². The second kappa shape index (κ2) is 5.21. The van der Waals surface area contributed by atoms with Gasteiger partial charge in [-0.05, 0) is 42.5 Å². The molecule has 2 rings (SSSR count). The molecule has 2 amide bonds. The van der Waals surface area contributed by atoms with Gasteiger partial charge in [0.05, 0.1) is 0 Å². The maximum Gasteiger partial charge on any atom is 0.319 e. The Kier molecular flexibility index (Phi) is 3.67. The Morgan fingerprint density at radius 3 is 2.94 bits per heavy atom. The summed E-state index contributed by atoms with van der Waals surface area (Å²) >= 11 is 5.48. The molecule has 0 unspecified atom stereocenters. The number of hydrogen-bond acceptors (Lipinski definition) is 1. The second-order valence-corrected chi connectivity index (χ2v) is 4.28. The molecule has 3 nitrogen and oxygen atoms in total. The lowest BCUT2D eigenvalue weighted by atomic mass is 10.1.